The second kappa shape index (κ2) is 9.09. The molecule has 4 heteroatoms. The summed E-state index contributed by atoms with van der Waals surface area (Å²) in [6, 6.07) is 0. The summed E-state index contributed by atoms with van der Waals surface area (Å²) in [4.78, 5) is 0. The Morgan fingerprint density at radius 3 is 1.90 bits per heavy atom. The van der Waals surface area contributed by atoms with Crippen molar-refractivity contribution >= 4 is 0 Å². The van der Waals surface area contributed by atoms with Crippen LogP contribution in [0.4, 0.5) is 0 Å². The fourth-order valence-electron chi connectivity index (χ4n) is 2.87. The van der Waals surface area contributed by atoms with E-state index < -0.39 is 0 Å². The summed E-state index contributed by atoms with van der Waals surface area (Å²) in [5.41, 5.74) is 9.55. The molecule has 1 rings (SSSR count). The van der Waals surface area contributed by atoms with Crippen LogP contribution in [0.15, 0.2) is 0 Å². The van der Waals surface area contributed by atoms with Crippen LogP contribution in [0.1, 0.15) is 61.3 Å². The van der Waals surface area contributed by atoms with Crippen LogP contribution in [0, 0.1) is 11.8 Å². The Balaban J connectivity index is 0.000000486. The van der Waals surface area contributed by atoms with Crippen molar-refractivity contribution in [1.82, 2.24) is 5.32 Å². The highest BCUT2D eigenvalue weighted by molar-refractivity contribution is 4.97. The van der Waals surface area contributed by atoms with E-state index in [1.54, 1.807) is 0 Å². The van der Waals surface area contributed by atoms with Gasteiger partial charge in [-0.2, -0.15) is 0 Å². The number of quaternary nitrogens is 1. The lowest BCUT2D eigenvalue weighted by atomic mass is 9.81. The molecular formula is C17H40N3O+. The third kappa shape index (κ3) is 9.46. The average Bonchev–Trinajstić information content (AvgIpc) is 2.32. The first kappa shape index (κ1) is 20.8. The Morgan fingerprint density at radius 1 is 1.14 bits per heavy atom. The van der Waals surface area contributed by atoms with Crippen LogP contribution < -0.4 is 16.8 Å². The van der Waals surface area contributed by atoms with Crippen LogP contribution in [0.3, 0.4) is 0 Å². The Bertz CT molecular complexity index is 261. The molecular weight excluding hydrogens is 262 g/mol. The lowest BCUT2D eigenvalue weighted by Crippen LogP contribution is -2.60. The first-order valence-electron chi connectivity index (χ1n) is 8.43. The van der Waals surface area contributed by atoms with Crippen LogP contribution >= 0.6 is 0 Å². The molecule has 1 heterocycles. The SMILES string of the molecule is CC(C)C(C)CN.CC1(C)CC(OCC[NH3+])CC(C)(C)N1. The number of piperidine rings is 1. The van der Waals surface area contributed by atoms with Crippen molar-refractivity contribution in [3.63, 3.8) is 0 Å². The lowest BCUT2D eigenvalue weighted by Gasteiger charge is -2.46. The summed E-state index contributed by atoms with van der Waals surface area (Å²) >= 11 is 0. The van der Waals surface area contributed by atoms with Gasteiger partial charge >= 0.3 is 0 Å². The van der Waals surface area contributed by atoms with Gasteiger partial charge in [-0.1, -0.05) is 20.8 Å². The molecule has 1 aliphatic heterocycles. The van der Waals surface area contributed by atoms with E-state index in [0.717, 1.165) is 38.5 Å². The van der Waals surface area contributed by atoms with Gasteiger partial charge in [0.2, 0.25) is 0 Å². The fraction of sp³-hybridized carbons (Fsp3) is 1.00. The quantitative estimate of drug-likeness (QED) is 0.725. The number of nitrogens with two attached hydrogens (primary N) is 1. The summed E-state index contributed by atoms with van der Waals surface area (Å²) in [6.45, 7) is 18.0. The van der Waals surface area contributed by atoms with E-state index in [1.165, 1.54) is 0 Å². The van der Waals surface area contributed by atoms with Crippen LogP contribution in [-0.2, 0) is 4.74 Å². The van der Waals surface area contributed by atoms with Gasteiger partial charge in [0.15, 0.2) is 0 Å². The zero-order valence-corrected chi connectivity index (χ0v) is 15.5. The van der Waals surface area contributed by atoms with E-state index in [4.69, 9.17) is 10.5 Å². The topological polar surface area (TPSA) is 74.9 Å². The van der Waals surface area contributed by atoms with Gasteiger partial charge in [0, 0.05) is 11.1 Å². The minimum absolute atomic E-state index is 0.188. The Morgan fingerprint density at radius 2 is 1.62 bits per heavy atom. The summed E-state index contributed by atoms with van der Waals surface area (Å²) in [7, 11) is 0. The largest absolute Gasteiger partial charge is 0.372 e. The highest BCUT2D eigenvalue weighted by Gasteiger charge is 2.37. The summed E-state index contributed by atoms with van der Waals surface area (Å²) in [6.07, 6.45) is 2.58. The molecule has 1 saturated heterocycles. The molecule has 0 spiro atoms. The minimum Gasteiger partial charge on any atom is -0.372 e. The monoisotopic (exact) mass is 302 g/mol. The predicted molar refractivity (Wildman–Crippen MR) is 91.1 cm³/mol. The maximum Gasteiger partial charge on any atom is 0.0977 e. The van der Waals surface area contributed by atoms with Crippen LogP contribution in [-0.4, -0.2) is 36.9 Å². The van der Waals surface area contributed by atoms with Crippen molar-refractivity contribution in [2.45, 2.75) is 78.5 Å². The second-order valence-electron chi connectivity index (χ2n) is 8.10. The first-order chi connectivity index (χ1) is 9.53. The maximum absolute atomic E-state index is 5.80. The molecule has 0 bridgehead atoms. The molecule has 1 unspecified atom stereocenters. The summed E-state index contributed by atoms with van der Waals surface area (Å²) in [5.74, 6) is 1.42. The van der Waals surface area contributed by atoms with Gasteiger partial charge < -0.3 is 21.5 Å². The van der Waals surface area contributed by atoms with Crippen molar-refractivity contribution in [3.05, 3.63) is 0 Å². The van der Waals surface area contributed by atoms with Crippen molar-refractivity contribution in [2.24, 2.45) is 17.6 Å². The molecule has 6 N–H and O–H groups in total. The zero-order valence-electron chi connectivity index (χ0n) is 15.5. The molecule has 1 aliphatic rings. The molecule has 21 heavy (non-hydrogen) atoms. The average molecular weight is 303 g/mol. The van der Waals surface area contributed by atoms with Crippen molar-refractivity contribution in [1.29, 1.82) is 0 Å². The van der Waals surface area contributed by atoms with Crippen LogP contribution in [0.2, 0.25) is 0 Å². The number of hydrogen-bond acceptors (Lipinski definition) is 3. The van der Waals surface area contributed by atoms with E-state index in [9.17, 15) is 0 Å². The highest BCUT2D eigenvalue weighted by Crippen LogP contribution is 2.30. The van der Waals surface area contributed by atoms with E-state index in [0.29, 0.717) is 12.0 Å². The van der Waals surface area contributed by atoms with Gasteiger partial charge in [-0.25, -0.2) is 0 Å². The normalized spacial score (nSPS) is 22.6. The Hall–Kier alpha value is -0.160. The van der Waals surface area contributed by atoms with Gasteiger partial charge in [-0.05, 0) is 58.9 Å². The van der Waals surface area contributed by atoms with E-state index >= 15 is 0 Å². The third-order valence-corrected chi connectivity index (χ3v) is 4.16. The van der Waals surface area contributed by atoms with E-state index in [-0.39, 0.29) is 11.1 Å². The molecule has 1 atom stereocenters. The molecule has 0 amide bonds. The Labute approximate surface area is 132 Å². The molecule has 1 fully saturated rings. The van der Waals surface area contributed by atoms with Crippen molar-refractivity contribution in [3.8, 4) is 0 Å². The molecule has 0 radical (unpaired) electrons. The second-order valence-corrected chi connectivity index (χ2v) is 8.10. The molecule has 0 saturated carbocycles. The molecule has 128 valence electrons. The highest BCUT2D eigenvalue weighted by atomic mass is 16.5. The number of ether oxygens (including phenoxy) is 1. The van der Waals surface area contributed by atoms with E-state index in [2.05, 4.69) is 59.5 Å². The van der Waals surface area contributed by atoms with Crippen LogP contribution in [0.25, 0.3) is 0 Å². The van der Waals surface area contributed by atoms with Gasteiger partial charge in [0.25, 0.3) is 0 Å². The smallest absolute Gasteiger partial charge is 0.0977 e. The molecule has 4 nitrogen and oxygen atoms in total. The molecule has 0 aromatic rings. The molecule has 0 aromatic heterocycles. The maximum atomic E-state index is 5.80. The fourth-order valence-corrected chi connectivity index (χ4v) is 2.87. The van der Waals surface area contributed by atoms with Crippen molar-refractivity contribution < 1.29 is 10.5 Å². The molecule has 0 aliphatic carbocycles. The number of hydrogen-bond donors (Lipinski definition) is 3. The number of rotatable bonds is 5. The third-order valence-electron chi connectivity index (χ3n) is 4.16. The van der Waals surface area contributed by atoms with Gasteiger partial charge in [-0.15, -0.1) is 0 Å². The minimum atomic E-state index is 0.188. The first-order valence-corrected chi connectivity index (χ1v) is 8.43. The zero-order chi connectivity index (χ0) is 16.7. The predicted octanol–water partition coefficient (Wildman–Crippen LogP) is 1.79. The van der Waals surface area contributed by atoms with Crippen LogP contribution in [0.5, 0.6) is 0 Å². The lowest BCUT2D eigenvalue weighted by molar-refractivity contribution is -0.376. The van der Waals surface area contributed by atoms with Gasteiger partial charge in [-0.3, -0.25) is 0 Å². The van der Waals surface area contributed by atoms with E-state index in [1.807, 2.05) is 0 Å². The summed E-state index contributed by atoms with van der Waals surface area (Å²) in [5, 5.41) is 3.64. The Kier molecular flexibility index (Phi) is 9.02. The summed E-state index contributed by atoms with van der Waals surface area (Å²) < 4.78 is 5.80. The van der Waals surface area contributed by atoms with Gasteiger partial charge in [0.1, 0.15) is 0 Å². The van der Waals surface area contributed by atoms with Crippen molar-refractivity contribution in [2.75, 3.05) is 19.7 Å². The standard InChI is InChI=1S/C11H24N2O.C6H15N/c1-10(2)7-9(14-6-5-12)8-11(3,4)13-10;1-5(2)6(3)4-7/h9,13H,5-8,12H2,1-4H3;5-6H,4,7H2,1-3H3/p+1. The number of nitrogens with one attached hydrogen (secondary N) is 1. The van der Waals surface area contributed by atoms with Gasteiger partial charge in [0.05, 0.1) is 19.3 Å². The molecule has 0 aromatic carbocycles.